The first kappa shape index (κ1) is 38.1. The van der Waals surface area contributed by atoms with Gasteiger partial charge in [0.05, 0.1) is 0 Å². The monoisotopic (exact) mass is 596 g/mol. The topological polar surface area (TPSA) is 238 Å². The van der Waals surface area contributed by atoms with Gasteiger partial charge in [-0.3, -0.25) is 0 Å². The van der Waals surface area contributed by atoms with Gasteiger partial charge in [-0.25, -0.2) is 33.7 Å². The van der Waals surface area contributed by atoms with Crippen LogP contribution >= 0.6 is 0 Å². The van der Waals surface area contributed by atoms with E-state index >= 15 is 0 Å². The predicted molar refractivity (Wildman–Crippen MR) is 78.6 cm³/mol. The number of halogens is 12. The van der Waals surface area contributed by atoms with Crippen LogP contribution in [0, 0.1) is 0 Å². The molecule has 0 spiro atoms. The van der Waals surface area contributed by atoms with E-state index in [9.17, 15) is 86.4 Å². The molecule has 8 N–H and O–H groups in total. The van der Waals surface area contributed by atoms with E-state index < -0.39 is 62.1 Å². The summed E-state index contributed by atoms with van der Waals surface area (Å²) in [7, 11) is -26.9. The number of alkyl halides is 12. The molecular weight excluding hydrogens is 588 g/mol. The van der Waals surface area contributed by atoms with E-state index in [2.05, 4.69) is 0 Å². The lowest BCUT2D eigenvalue weighted by Gasteiger charge is -2.22. The van der Waals surface area contributed by atoms with Gasteiger partial charge in [-0.05, 0) is 0 Å². The summed E-state index contributed by atoms with van der Waals surface area (Å²) in [6.07, 6.45) is 0. The lowest BCUT2D eigenvalue weighted by Crippen LogP contribution is -2.30. The lowest BCUT2D eigenvalue weighted by atomic mass is 11.6. The SMILES string of the molecule is O=S(=O)([N-]S(=O)(=O)C(F)(F)F)C(F)(F)F.O=S(=O)([N-]S(=O)(=O)C(F)(F)F)C(F)(F)F.[NH4+].[NH4+]. The number of sulfonamides is 4. The highest BCUT2D eigenvalue weighted by Gasteiger charge is 2.48. The maximum absolute atomic E-state index is 11.4. The molecular formula is C4H8F12N4O8S4. The third kappa shape index (κ3) is 10.2. The minimum Gasteiger partial charge on any atom is -0.421 e. The first-order valence-corrected chi connectivity index (χ1v) is 10.9. The van der Waals surface area contributed by atoms with E-state index in [-0.39, 0.29) is 12.3 Å². The molecule has 0 radical (unpaired) electrons. The van der Waals surface area contributed by atoms with Gasteiger partial charge in [-0.2, -0.15) is 52.7 Å². The Balaban J connectivity index is -0.000000231. The molecule has 0 saturated carbocycles. The Hall–Kier alpha value is -1.20. The van der Waals surface area contributed by atoms with Crippen molar-refractivity contribution < 1.29 is 86.4 Å². The molecule has 32 heavy (non-hydrogen) atoms. The minimum absolute atomic E-state index is 0. The fraction of sp³-hybridized carbons (Fsp3) is 1.00. The van der Waals surface area contributed by atoms with Gasteiger partial charge in [0.15, 0.2) is 40.1 Å². The normalized spacial score (nSPS) is 14.4. The molecule has 0 rings (SSSR count). The Kier molecular flexibility index (Phi) is 12.4. The van der Waals surface area contributed by atoms with Crippen LogP contribution in [0.3, 0.4) is 0 Å². The van der Waals surface area contributed by atoms with Crippen molar-refractivity contribution in [3.05, 3.63) is 8.25 Å². The van der Waals surface area contributed by atoms with Crippen molar-refractivity contribution in [1.29, 1.82) is 0 Å². The number of quaternary nitrogens is 2. The number of hydrogen-bond donors (Lipinski definition) is 2. The van der Waals surface area contributed by atoms with Gasteiger partial charge in [-0.1, -0.05) is 0 Å². The van der Waals surface area contributed by atoms with Crippen LogP contribution in [0.4, 0.5) is 52.7 Å². The second-order valence-corrected chi connectivity index (χ2v) is 10.7. The molecule has 0 aliphatic heterocycles. The quantitative estimate of drug-likeness (QED) is 0.456. The van der Waals surface area contributed by atoms with Crippen molar-refractivity contribution in [2.45, 2.75) is 22.0 Å². The van der Waals surface area contributed by atoms with Crippen molar-refractivity contribution in [3.8, 4) is 0 Å². The van der Waals surface area contributed by atoms with Crippen LogP contribution in [-0.2, 0) is 40.1 Å². The average molecular weight is 596 g/mol. The molecule has 0 atom stereocenters. The predicted octanol–water partition coefficient (Wildman–Crippen LogP) is 2.87. The molecule has 0 amide bonds. The number of nitrogens with zero attached hydrogens (tertiary/aromatic N) is 2. The van der Waals surface area contributed by atoms with Crippen molar-refractivity contribution in [3.63, 3.8) is 0 Å². The highest BCUT2D eigenvalue weighted by atomic mass is 32.3. The van der Waals surface area contributed by atoms with Gasteiger partial charge in [0.2, 0.25) is 0 Å². The third-order valence-corrected chi connectivity index (χ3v) is 7.04. The largest absolute Gasteiger partial charge is 0.480 e. The molecule has 0 fully saturated rings. The van der Waals surface area contributed by atoms with Gasteiger partial charge >= 0.3 is 22.0 Å². The maximum atomic E-state index is 11.4. The summed E-state index contributed by atoms with van der Waals surface area (Å²) < 4.78 is 218. The summed E-state index contributed by atoms with van der Waals surface area (Å²) in [5, 5.41) is 0. The van der Waals surface area contributed by atoms with Crippen molar-refractivity contribution in [1.82, 2.24) is 12.3 Å². The Morgan fingerprint density at radius 1 is 0.344 bits per heavy atom. The molecule has 0 saturated heterocycles. The van der Waals surface area contributed by atoms with Gasteiger partial charge in [0, 0.05) is 0 Å². The van der Waals surface area contributed by atoms with Crippen LogP contribution in [0.25, 0.3) is 8.25 Å². The Bertz CT molecular complexity index is 862. The molecule has 12 nitrogen and oxygen atoms in total. The Morgan fingerprint density at radius 2 is 0.438 bits per heavy atom. The zero-order chi connectivity index (χ0) is 25.4. The number of rotatable bonds is 4. The lowest BCUT2D eigenvalue weighted by molar-refractivity contribution is -0.0456. The smallest absolute Gasteiger partial charge is 0.421 e. The summed E-state index contributed by atoms with van der Waals surface area (Å²) in [6, 6.07) is 0. The van der Waals surface area contributed by atoms with E-state index in [1.165, 1.54) is 0 Å². The second-order valence-electron chi connectivity index (χ2n) is 3.83. The summed E-state index contributed by atoms with van der Waals surface area (Å²) in [5.74, 6) is 0. The molecule has 0 aromatic rings. The highest BCUT2D eigenvalue weighted by Crippen LogP contribution is 2.37. The van der Waals surface area contributed by atoms with Crippen LogP contribution in [-0.4, -0.2) is 55.7 Å². The summed E-state index contributed by atoms with van der Waals surface area (Å²) in [6.45, 7) is 0. The molecule has 200 valence electrons. The Morgan fingerprint density at radius 3 is 0.500 bits per heavy atom. The van der Waals surface area contributed by atoms with E-state index in [0.29, 0.717) is 0 Å². The zero-order valence-electron chi connectivity index (χ0n) is 14.3. The molecule has 28 heteroatoms. The second kappa shape index (κ2) is 10.4. The van der Waals surface area contributed by atoms with Crippen molar-refractivity contribution in [2.24, 2.45) is 0 Å². The van der Waals surface area contributed by atoms with Crippen LogP contribution in [0.2, 0.25) is 0 Å². The minimum atomic E-state index is -6.72. The van der Waals surface area contributed by atoms with E-state index in [1.807, 2.05) is 0 Å². The summed E-state index contributed by atoms with van der Waals surface area (Å²) in [5.41, 5.74) is -24.8. The Labute approximate surface area is 169 Å². The fourth-order valence-corrected chi connectivity index (χ4v) is 3.85. The molecule has 0 bridgehead atoms. The zero-order valence-corrected chi connectivity index (χ0v) is 17.6. The average Bonchev–Trinajstić information content (AvgIpc) is 2.30. The van der Waals surface area contributed by atoms with Gasteiger partial charge in [-0.15, -0.1) is 0 Å². The van der Waals surface area contributed by atoms with Crippen LogP contribution in [0.15, 0.2) is 0 Å². The van der Waals surface area contributed by atoms with E-state index in [0.717, 1.165) is 8.25 Å². The van der Waals surface area contributed by atoms with E-state index in [4.69, 9.17) is 0 Å². The third-order valence-electron chi connectivity index (χ3n) is 1.56. The first-order chi connectivity index (χ1) is 12.4. The van der Waals surface area contributed by atoms with E-state index in [1.54, 1.807) is 0 Å². The fourth-order valence-electron chi connectivity index (χ4n) is 0.427. The summed E-state index contributed by atoms with van der Waals surface area (Å²) >= 11 is 0. The number of hydrogen-bond acceptors (Lipinski definition) is 8. The molecule has 0 aliphatic carbocycles. The standard InChI is InChI=1S/2C2F6NO4S2.2H3N/c2*3-1(4,5)14(10,11)9-15(12,13)2(6,7)8;;/h;;2*1H3/q2*-1;;/p+2. The molecule has 0 heterocycles. The first-order valence-electron chi connectivity index (χ1n) is 5.15. The molecule has 0 aromatic carbocycles. The van der Waals surface area contributed by atoms with Gasteiger partial charge in [0.1, 0.15) is 0 Å². The molecule has 0 aliphatic rings. The van der Waals surface area contributed by atoms with Crippen LogP contribution < -0.4 is 12.3 Å². The van der Waals surface area contributed by atoms with Gasteiger partial charge in [0.25, 0.3) is 0 Å². The maximum Gasteiger partial charge on any atom is 0.480 e. The van der Waals surface area contributed by atoms with Crippen molar-refractivity contribution in [2.75, 3.05) is 0 Å². The highest BCUT2D eigenvalue weighted by molar-refractivity contribution is 8.13. The summed E-state index contributed by atoms with van der Waals surface area (Å²) in [4.78, 5) is 0. The van der Waals surface area contributed by atoms with Crippen molar-refractivity contribution >= 4 is 40.1 Å². The van der Waals surface area contributed by atoms with Gasteiger partial charge < -0.3 is 20.6 Å². The van der Waals surface area contributed by atoms with Crippen LogP contribution in [0.5, 0.6) is 0 Å². The molecule has 0 unspecified atom stereocenters. The molecule has 0 aromatic heterocycles. The van der Waals surface area contributed by atoms with Crippen LogP contribution in [0.1, 0.15) is 0 Å².